The standard InChI is InChI=1S/C11H25NS/c1-4-6-7-10(5-2)8-11(12)9-13-3/h10-11H,4-9,12H2,1-3H3. The molecule has 0 bridgehead atoms. The molecule has 0 aromatic heterocycles. The fraction of sp³-hybridized carbons (Fsp3) is 1.00. The van der Waals surface area contributed by atoms with Crippen LogP contribution in [0.3, 0.4) is 0 Å². The normalized spacial score (nSPS) is 15.7. The highest BCUT2D eigenvalue weighted by Crippen LogP contribution is 2.18. The maximum absolute atomic E-state index is 6.01. The van der Waals surface area contributed by atoms with Gasteiger partial charge < -0.3 is 5.73 Å². The third-order valence-electron chi connectivity index (χ3n) is 2.56. The Morgan fingerprint density at radius 3 is 2.46 bits per heavy atom. The molecule has 2 N–H and O–H groups in total. The van der Waals surface area contributed by atoms with Crippen LogP contribution in [0.5, 0.6) is 0 Å². The van der Waals surface area contributed by atoms with Crippen molar-refractivity contribution in [2.45, 2.75) is 52.0 Å². The zero-order chi connectivity index (χ0) is 10.1. The van der Waals surface area contributed by atoms with Crippen molar-refractivity contribution < 1.29 is 0 Å². The highest BCUT2D eigenvalue weighted by Gasteiger charge is 2.10. The maximum atomic E-state index is 6.01. The first-order chi connectivity index (χ1) is 6.24. The molecule has 2 unspecified atom stereocenters. The Morgan fingerprint density at radius 1 is 1.31 bits per heavy atom. The molecule has 0 amide bonds. The zero-order valence-electron chi connectivity index (χ0n) is 9.38. The van der Waals surface area contributed by atoms with Gasteiger partial charge in [-0.05, 0) is 18.6 Å². The number of hydrogen-bond donors (Lipinski definition) is 1. The van der Waals surface area contributed by atoms with Crippen LogP contribution >= 0.6 is 11.8 Å². The van der Waals surface area contributed by atoms with Gasteiger partial charge in [0.05, 0.1) is 0 Å². The van der Waals surface area contributed by atoms with Crippen molar-refractivity contribution in [3.8, 4) is 0 Å². The number of nitrogens with two attached hydrogens (primary N) is 1. The van der Waals surface area contributed by atoms with Crippen LogP contribution in [-0.2, 0) is 0 Å². The van der Waals surface area contributed by atoms with E-state index < -0.39 is 0 Å². The van der Waals surface area contributed by atoms with Crippen molar-refractivity contribution in [3.05, 3.63) is 0 Å². The summed E-state index contributed by atoms with van der Waals surface area (Å²) in [6, 6.07) is 0.414. The van der Waals surface area contributed by atoms with E-state index in [1.54, 1.807) is 0 Å². The minimum atomic E-state index is 0.414. The van der Waals surface area contributed by atoms with Gasteiger partial charge in [0.15, 0.2) is 0 Å². The second-order valence-electron chi connectivity index (χ2n) is 3.87. The van der Waals surface area contributed by atoms with Crippen LogP contribution in [0, 0.1) is 5.92 Å². The third-order valence-corrected chi connectivity index (χ3v) is 3.32. The van der Waals surface area contributed by atoms with Crippen molar-refractivity contribution in [2.24, 2.45) is 11.7 Å². The Morgan fingerprint density at radius 2 is 2.00 bits per heavy atom. The zero-order valence-corrected chi connectivity index (χ0v) is 10.2. The molecule has 0 radical (unpaired) electrons. The van der Waals surface area contributed by atoms with Gasteiger partial charge in [0.25, 0.3) is 0 Å². The quantitative estimate of drug-likeness (QED) is 0.655. The number of hydrogen-bond acceptors (Lipinski definition) is 2. The molecular weight excluding hydrogens is 178 g/mol. The average Bonchev–Trinajstić information content (AvgIpc) is 2.12. The molecule has 2 heteroatoms. The van der Waals surface area contributed by atoms with Crippen LogP contribution in [0.1, 0.15) is 46.0 Å². The van der Waals surface area contributed by atoms with Gasteiger partial charge in [-0.3, -0.25) is 0 Å². The predicted octanol–water partition coefficient (Wildman–Crippen LogP) is 3.28. The molecule has 0 aliphatic carbocycles. The summed E-state index contributed by atoms with van der Waals surface area (Å²) in [6.45, 7) is 4.54. The van der Waals surface area contributed by atoms with Crippen molar-refractivity contribution in [2.75, 3.05) is 12.0 Å². The van der Waals surface area contributed by atoms with E-state index in [2.05, 4.69) is 20.1 Å². The smallest absolute Gasteiger partial charge is 0.0132 e. The van der Waals surface area contributed by atoms with Crippen molar-refractivity contribution in [1.29, 1.82) is 0 Å². The Kier molecular flexibility index (Phi) is 9.10. The molecule has 0 aliphatic rings. The lowest BCUT2D eigenvalue weighted by Gasteiger charge is -2.18. The molecular formula is C11H25NS. The molecule has 80 valence electrons. The van der Waals surface area contributed by atoms with Crippen LogP contribution in [0.4, 0.5) is 0 Å². The van der Waals surface area contributed by atoms with Crippen LogP contribution in [0.25, 0.3) is 0 Å². The number of unbranched alkanes of at least 4 members (excludes halogenated alkanes) is 1. The molecule has 0 heterocycles. The van der Waals surface area contributed by atoms with Gasteiger partial charge in [-0.15, -0.1) is 0 Å². The van der Waals surface area contributed by atoms with E-state index in [0.29, 0.717) is 6.04 Å². The van der Waals surface area contributed by atoms with Gasteiger partial charge in [0.1, 0.15) is 0 Å². The summed E-state index contributed by atoms with van der Waals surface area (Å²) in [5.74, 6) is 1.98. The third kappa shape index (κ3) is 7.39. The lowest BCUT2D eigenvalue weighted by Crippen LogP contribution is -2.26. The molecule has 0 saturated heterocycles. The molecule has 0 rings (SSSR count). The first kappa shape index (κ1) is 13.3. The van der Waals surface area contributed by atoms with E-state index in [1.165, 1.54) is 32.1 Å². The van der Waals surface area contributed by atoms with E-state index in [0.717, 1.165) is 11.7 Å². The van der Waals surface area contributed by atoms with Crippen molar-refractivity contribution in [1.82, 2.24) is 0 Å². The summed E-state index contributed by atoms with van der Waals surface area (Å²) in [6.07, 6.45) is 8.69. The van der Waals surface area contributed by atoms with Crippen molar-refractivity contribution in [3.63, 3.8) is 0 Å². The average molecular weight is 203 g/mol. The van der Waals surface area contributed by atoms with Gasteiger partial charge in [0, 0.05) is 11.8 Å². The van der Waals surface area contributed by atoms with E-state index in [9.17, 15) is 0 Å². The molecule has 0 aromatic rings. The first-order valence-electron chi connectivity index (χ1n) is 5.49. The summed E-state index contributed by atoms with van der Waals surface area (Å²) in [7, 11) is 0. The monoisotopic (exact) mass is 203 g/mol. The number of thioether (sulfide) groups is 1. The Hall–Kier alpha value is 0.310. The predicted molar refractivity (Wildman–Crippen MR) is 64.3 cm³/mol. The van der Waals surface area contributed by atoms with Gasteiger partial charge in [0.2, 0.25) is 0 Å². The lowest BCUT2D eigenvalue weighted by molar-refractivity contribution is 0.396. The van der Waals surface area contributed by atoms with Gasteiger partial charge >= 0.3 is 0 Å². The molecule has 1 nitrogen and oxygen atoms in total. The maximum Gasteiger partial charge on any atom is 0.0132 e. The highest BCUT2D eigenvalue weighted by molar-refractivity contribution is 7.98. The van der Waals surface area contributed by atoms with E-state index >= 15 is 0 Å². The molecule has 0 saturated carbocycles. The van der Waals surface area contributed by atoms with E-state index in [4.69, 9.17) is 5.73 Å². The molecule has 0 spiro atoms. The van der Waals surface area contributed by atoms with Gasteiger partial charge in [-0.2, -0.15) is 11.8 Å². The van der Waals surface area contributed by atoms with Gasteiger partial charge in [-0.1, -0.05) is 39.5 Å². The van der Waals surface area contributed by atoms with E-state index in [1.807, 2.05) is 11.8 Å². The summed E-state index contributed by atoms with van der Waals surface area (Å²) in [5, 5.41) is 0. The molecule has 0 fully saturated rings. The molecule has 13 heavy (non-hydrogen) atoms. The number of rotatable bonds is 8. The molecule has 0 aliphatic heterocycles. The summed E-state index contributed by atoms with van der Waals surface area (Å²) in [4.78, 5) is 0. The Bertz CT molecular complexity index is 106. The fourth-order valence-corrected chi connectivity index (χ4v) is 2.26. The summed E-state index contributed by atoms with van der Waals surface area (Å²) in [5.41, 5.74) is 6.01. The first-order valence-corrected chi connectivity index (χ1v) is 6.88. The van der Waals surface area contributed by atoms with Crippen LogP contribution in [0.2, 0.25) is 0 Å². The Labute approximate surface area is 87.9 Å². The Balaban J connectivity index is 3.56. The van der Waals surface area contributed by atoms with Crippen LogP contribution in [0.15, 0.2) is 0 Å². The second kappa shape index (κ2) is 8.89. The van der Waals surface area contributed by atoms with Crippen molar-refractivity contribution >= 4 is 11.8 Å². The summed E-state index contributed by atoms with van der Waals surface area (Å²) < 4.78 is 0. The lowest BCUT2D eigenvalue weighted by atomic mass is 9.93. The van der Waals surface area contributed by atoms with Crippen LogP contribution < -0.4 is 5.73 Å². The largest absolute Gasteiger partial charge is 0.327 e. The second-order valence-corrected chi connectivity index (χ2v) is 4.78. The minimum Gasteiger partial charge on any atom is -0.327 e. The summed E-state index contributed by atoms with van der Waals surface area (Å²) >= 11 is 1.86. The minimum absolute atomic E-state index is 0.414. The fourth-order valence-electron chi connectivity index (χ4n) is 1.69. The van der Waals surface area contributed by atoms with Crippen LogP contribution in [-0.4, -0.2) is 18.1 Å². The molecule has 0 aromatic carbocycles. The topological polar surface area (TPSA) is 26.0 Å². The van der Waals surface area contributed by atoms with Gasteiger partial charge in [-0.25, -0.2) is 0 Å². The highest BCUT2D eigenvalue weighted by atomic mass is 32.2. The molecule has 2 atom stereocenters. The van der Waals surface area contributed by atoms with E-state index in [-0.39, 0.29) is 0 Å². The SMILES string of the molecule is CCCCC(CC)CC(N)CSC.